The summed E-state index contributed by atoms with van der Waals surface area (Å²) in [5, 5.41) is 9.28. The minimum atomic E-state index is -1.95. The Bertz CT molecular complexity index is 189. The van der Waals surface area contributed by atoms with E-state index in [4.69, 9.17) is 8.85 Å². The summed E-state index contributed by atoms with van der Waals surface area (Å²) >= 11 is 0. The van der Waals surface area contributed by atoms with Crippen molar-refractivity contribution in [2.75, 3.05) is 0 Å². The lowest BCUT2D eigenvalue weighted by molar-refractivity contribution is 0.187. The number of rotatable bonds is 4. The van der Waals surface area contributed by atoms with E-state index in [2.05, 4.69) is 6.55 Å². The van der Waals surface area contributed by atoms with Gasteiger partial charge in [-0.3, -0.25) is 0 Å². The van der Waals surface area contributed by atoms with Crippen molar-refractivity contribution in [1.82, 2.24) is 0 Å². The number of aliphatic hydroxyl groups excluding tert-OH is 1. The van der Waals surface area contributed by atoms with Crippen molar-refractivity contribution in [3.05, 3.63) is 18.8 Å². The predicted molar refractivity (Wildman–Crippen MR) is 59.1 cm³/mol. The third kappa shape index (κ3) is 9.36. The molecule has 0 aromatic heterocycles. The van der Waals surface area contributed by atoms with E-state index in [-0.39, 0.29) is 5.95 Å². The molecule has 0 atom stereocenters. The maximum Gasteiger partial charge on any atom is 0.463 e. The first kappa shape index (κ1) is 12.4. The SMILES string of the molecule is [CH2+][Si](C)(C)O/C(O)=C/O[Si](C)(C)C. The van der Waals surface area contributed by atoms with Gasteiger partial charge in [0.15, 0.2) is 0 Å². The molecule has 0 spiro atoms. The van der Waals surface area contributed by atoms with Crippen LogP contribution in [-0.2, 0) is 8.85 Å². The molecule has 0 saturated heterocycles. The molecule has 0 radical (unpaired) electrons. The van der Waals surface area contributed by atoms with Crippen LogP contribution in [0.5, 0.6) is 0 Å². The molecule has 0 fully saturated rings. The minimum absolute atomic E-state index is 0.158. The van der Waals surface area contributed by atoms with Gasteiger partial charge in [0, 0.05) is 13.1 Å². The smallest absolute Gasteiger partial charge is 0.463 e. The second-order valence-electron chi connectivity index (χ2n) is 4.55. The lowest BCUT2D eigenvalue weighted by atomic mass is 11.0. The van der Waals surface area contributed by atoms with Crippen molar-refractivity contribution in [3.8, 4) is 0 Å². The third-order valence-electron chi connectivity index (χ3n) is 0.894. The quantitative estimate of drug-likeness (QED) is 0.449. The zero-order valence-corrected chi connectivity index (χ0v) is 11.0. The van der Waals surface area contributed by atoms with E-state index in [0.717, 1.165) is 0 Å². The molecule has 0 aliphatic heterocycles. The number of hydrogen-bond acceptors (Lipinski definition) is 3. The van der Waals surface area contributed by atoms with Gasteiger partial charge in [-0.05, 0) is 19.6 Å². The van der Waals surface area contributed by atoms with Crippen LogP contribution in [0.3, 0.4) is 0 Å². The van der Waals surface area contributed by atoms with Gasteiger partial charge in [0.25, 0.3) is 5.95 Å². The topological polar surface area (TPSA) is 38.7 Å². The average Bonchev–Trinajstić information content (AvgIpc) is 1.78. The highest BCUT2D eigenvalue weighted by Crippen LogP contribution is 2.09. The second kappa shape index (κ2) is 4.10. The van der Waals surface area contributed by atoms with Crippen molar-refractivity contribution < 1.29 is 14.0 Å². The molecule has 0 aliphatic rings. The van der Waals surface area contributed by atoms with Gasteiger partial charge in [-0.1, -0.05) is 0 Å². The largest absolute Gasteiger partial charge is 0.545 e. The van der Waals surface area contributed by atoms with E-state index in [1.807, 2.05) is 32.7 Å². The zero-order chi connectivity index (χ0) is 10.7. The van der Waals surface area contributed by atoms with E-state index in [9.17, 15) is 5.11 Å². The van der Waals surface area contributed by atoms with Crippen LogP contribution in [0.1, 0.15) is 0 Å². The van der Waals surface area contributed by atoms with Crippen molar-refractivity contribution in [3.63, 3.8) is 0 Å². The van der Waals surface area contributed by atoms with E-state index in [1.165, 1.54) is 6.26 Å². The molecule has 0 bridgehead atoms. The maximum atomic E-state index is 9.28. The van der Waals surface area contributed by atoms with Gasteiger partial charge in [0.1, 0.15) is 6.26 Å². The molecule has 0 aromatic carbocycles. The molecular weight excluding hydrogens is 200 g/mol. The summed E-state index contributed by atoms with van der Waals surface area (Å²) in [5.74, 6) is -0.158. The molecule has 0 saturated carbocycles. The average molecular weight is 219 g/mol. The van der Waals surface area contributed by atoms with Crippen LogP contribution in [0.25, 0.3) is 0 Å². The first-order valence-electron chi connectivity index (χ1n) is 4.21. The summed E-state index contributed by atoms with van der Waals surface area (Å²) in [6, 6.07) is 0. The molecule has 0 aliphatic carbocycles. The first-order valence-corrected chi connectivity index (χ1v) is 10.7. The van der Waals surface area contributed by atoms with E-state index in [0.29, 0.717) is 0 Å². The number of hydrogen-bond donors (Lipinski definition) is 1. The molecule has 1 N–H and O–H groups in total. The lowest BCUT2D eigenvalue weighted by Gasteiger charge is -2.16. The molecule has 76 valence electrons. The molecule has 0 heterocycles. The van der Waals surface area contributed by atoms with Gasteiger partial charge in [0.2, 0.25) is 8.32 Å². The molecule has 13 heavy (non-hydrogen) atoms. The van der Waals surface area contributed by atoms with Gasteiger partial charge < -0.3 is 14.0 Å². The summed E-state index contributed by atoms with van der Waals surface area (Å²) in [6.45, 7) is 13.7. The second-order valence-corrected chi connectivity index (χ2v) is 12.7. The Morgan fingerprint density at radius 1 is 1.23 bits per heavy atom. The fraction of sp³-hybridized carbons (Fsp3) is 0.625. The number of aliphatic hydroxyl groups is 1. The van der Waals surface area contributed by atoms with Crippen molar-refractivity contribution in [1.29, 1.82) is 0 Å². The molecule has 0 aromatic rings. The van der Waals surface area contributed by atoms with E-state index < -0.39 is 16.6 Å². The summed E-state index contributed by atoms with van der Waals surface area (Å²) in [7, 11) is -3.57. The maximum absolute atomic E-state index is 9.28. The standard InChI is InChI=1S/C8H18O3Si2/c1-12(2,3)10-7-8(9)11-13(4,5)6/h7H,4H2,1-3,5-6H3/p+1/b8-7+. The third-order valence-corrected chi connectivity index (χ3v) is 2.48. The van der Waals surface area contributed by atoms with Gasteiger partial charge >= 0.3 is 8.32 Å². The fourth-order valence-corrected chi connectivity index (χ4v) is 1.60. The molecule has 0 unspecified atom stereocenters. The van der Waals surface area contributed by atoms with Gasteiger partial charge in [-0.15, -0.1) is 0 Å². The summed E-state index contributed by atoms with van der Waals surface area (Å²) < 4.78 is 10.5. The Kier molecular flexibility index (Phi) is 3.93. The van der Waals surface area contributed by atoms with Crippen molar-refractivity contribution >= 4 is 16.6 Å². The highest BCUT2D eigenvalue weighted by molar-refractivity contribution is 6.73. The van der Waals surface area contributed by atoms with Crippen LogP contribution < -0.4 is 0 Å². The normalized spacial score (nSPS) is 14.1. The molecular formula is C8H19O3Si2+. The van der Waals surface area contributed by atoms with Crippen LogP contribution in [0.15, 0.2) is 12.2 Å². The van der Waals surface area contributed by atoms with Crippen LogP contribution in [0.4, 0.5) is 0 Å². The zero-order valence-electron chi connectivity index (χ0n) is 9.05. The van der Waals surface area contributed by atoms with Crippen molar-refractivity contribution in [2.24, 2.45) is 0 Å². The molecule has 5 heteroatoms. The van der Waals surface area contributed by atoms with Gasteiger partial charge in [0.05, 0.1) is 6.55 Å². The molecule has 3 nitrogen and oxygen atoms in total. The van der Waals surface area contributed by atoms with Crippen LogP contribution in [0, 0.1) is 6.55 Å². The highest BCUT2D eigenvalue weighted by Gasteiger charge is 2.29. The van der Waals surface area contributed by atoms with Gasteiger partial charge in [-0.25, -0.2) is 0 Å². The van der Waals surface area contributed by atoms with Crippen molar-refractivity contribution in [2.45, 2.75) is 32.7 Å². The van der Waals surface area contributed by atoms with Gasteiger partial charge in [-0.2, -0.15) is 0 Å². The predicted octanol–water partition coefficient (Wildman–Crippen LogP) is 2.79. The Labute approximate surface area is 82.6 Å². The lowest BCUT2D eigenvalue weighted by Crippen LogP contribution is -2.27. The monoisotopic (exact) mass is 219 g/mol. The Hall–Kier alpha value is -0.556. The van der Waals surface area contributed by atoms with Crippen LogP contribution in [0.2, 0.25) is 32.7 Å². The molecule has 0 rings (SSSR count). The Morgan fingerprint density at radius 3 is 2.00 bits per heavy atom. The summed E-state index contributed by atoms with van der Waals surface area (Å²) in [6.07, 6.45) is 1.28. The fourth-order valence-electron chi connectivity index (χ4n) is 0.534. The van der Waals surface area contributed by atoms with E-state index >= 15 is 0 Å². The summed E-state index contributed by atoms with van der Waals surface area (Å²) in [5.41, 5.74) is 0. The first-order chi connectivity index (χ1) is 5.60. The van der Waals surface area contributed by atoms with E-state index in [1.54, 1.807) is 0 Å². The Balaban J connectivity index is 4.05. The Morgan fingerprint density at radius 2 is 1.69 bits per heavy atom. The van der Waals surface area contributed by atoms with Crippen LogP contribution in [-0.4, -0.2) is 21.7 Å². The van der Waals surface area contributed by atoms with Crippen LogP contribution >= 0.6 is 0 Å². The molecule has 0 amide bonds. The summed E-state index contributed by atoms with van der Waals surface area (Å²) in [4.78, 5) is 0. The highest BCUT2D eigenvalue weighted by atomic mass is 28.4. The minimum Gasteiger partial charge on any atom is -0.545 e.